The second-order valence-corrected chi connectivity index (χ2v) is 5.29. The highest BCUT2D eigenvalue weighted by molar-refractivity contribution is 6.30. The molecular formula is C14H18ClNO. The van der Waals surface area contributed by atoms with Crippen LogP contribution in [0.5, 0.6) is 0 Å². The normalized spacial score (nSPS) is 24.4. The van der Waals surface area contributed by atoms with Gasteiger partial charge >= 0.3 is 0 Å². The molecule has 1 amide bonds. The molecular weight excluding hydrogens is 234 g/mol. The highest BCUT2D eigenvalue weighted by atomic mass is 35.5. The third-order valence-corrected chi connectivity index (χ3v) is 3.79. The van der Waals surface area contributed by atoms with Crippen LogP contribution in [0.2, 0.25) is 5.02 Å². The Labute approximate surface area is 107 Å². The van der Waals surface area contributed by atoms with E-state index in [1.807, 2.05) is 0 Å². The van der Waals surface area contributed by atoms with E-state index in [1.54, 1.807) is 24.3 Å². The summed E-state index contributed by atoms with van der Waals surface area (Å²) in [5.74, 6) is 0.598. The lowest BCUT2D eigenvalue weighted by atomic mass is 9.86. The first-order valence-electron chi connectivity index (χ1n) is 6.23. The van der Waals surface area contributed by atoms with Crippen molar-refractivity contribution in [2.45, 2.75) is 38.6 Å². The highest BCUT2D eigenvalue weighted by Crippen LogP contribution is 2.24. The zero-order chi connectivity index (χ0) is 12.3. The molecule has 1 fully saturated rings. The maximum Gasteiger partial charge on any atom is 0.251 e. The van der Waals surface area contributed by atoms with Crippen molar-refractivity contribution in [2.75, 3.05) is 0 Å². The van der Waals surface area contributed by atoms with Gasteiger partial charge in [-0.3, -0.25) is 4.79 Å². The molecule has 2 nitrogen and oxygen atoms in total. The molecule has 0 radical (unpaired) electrons. The van der Waals surface area contributed by atoms with Crippen LogP contribution in [0.1, 0.15) is 43.0 Å². The molecule has 0 bridgehead atoms. The van der Waals surface area contributed by atoms with Crippen molar-refractivity contribution in [2.24, 2.45) is 5.92 Å². The van der Waals surface area contributed by atoms with Gasteiger partial charge in [0, 0.05) is 16.6 Å². The molecule has 0 aromatic heterocycles. The Morgan fingerprint density at radius 2 is 1.88 bits per heavy atom. The summed E-state index contributed by atoms with van der Waals surface area (Å²) >= 11 is 5.80. The predicted molar refractivity (Wildman–Crippen MR) is 70.3 cm³/mol. The van der Waals surface area contributed by atoms with Gasteiger partial charge in [-0.1, -0.05) is 31.4 Å². The van der Waals surface area contributed by atoms with Gasteiger partial charge < -0.3 is 5.32 Å². The topological polar surface area (TPSA) is 29.1 Å². The van der Waals surface area contributed by atoms with Gasteiger partial charge in [-0.2, -0.15) is 0 Å². The largest absolute Gasteiger partial charge is 0.349 e. The SMILES string of the molecule is C[C@H]1CCCC[C@@H]1NC(=O)c1ccc(Cl)cc1. The van der Waals surface area contributed by atoms with E-state index in [2.05, 4.69) is 12.2 Å². The molecule has 0 aliphatic heterocycles. The van der Waals surface area contributed by atoms with Crippen LogP contribution < -0.4 is 5.32 Å². The van der Waals surface area contributed by atoms with E-state index < -0.39 is 0 Å². The summed E-state index contributed by atoms with van der Waals surface area (Å²) in [6.45, 7) is 2.21. The van der Waals surface area contributed by atoms with Gasteiger partial charge in [-0.25, -0.2) is 0 Å². The highest BCUT2D eigenvalue weighted by Gasteiger charge is 2.23. The zero-order valence-corrected chi connectivity index (χ0v) is 10.8. The maximum absolute atomic E-state index is 12.0. The quantitative estimate of drug-likeness (QED) is 0.854. The monoisotopic (exact) mass is 251 g/mol. The van der Waals surface area contributed by atoms with Crippen LogP contribution in [0.15, 0.2) is 24.3 Å². The first-order chi connectivity index (χ1) is 8.16. The molecule has 1 aliphatic rings. The van der Waals surface area contributed by atoms with Crippen LogP contribution in [0.25, 0.3) is 0 Å². The van der Waals surface area contributed by atoms with E-state index >= 15 is 0 Å². The van der Waals surface area contributed by atoms with Gasteiger partial charge in [-0.15, -0.1) is 0 Å². The average Bonchev–Trinajstić information content (AvgIpc) is 2.33. The lowest BCUT2D eigenvalue weighted by Gasteiger charge is -2.29. The van der Waals surface area contributed by atoms with E-state index in [-0.39, 0.29) is 5.91 Å². The molecule has 1 aromatic carbocycles. The second kappa shape index (κ2) is 5.54. The zero-order valence-electron chi connectivity index (χ0n) is 10.1. The molecule has 1 N–H and O–H groups in total. The van der Waals surface area contributed by atoms with Gasteiger partial charge in [0.15, 0.2) is 0 Å². The summed E-state index contributed by atoms with van der Waals surface area (Å²) in [4.78, 5) is 12.0. The fourth-order valence-corrected chi connectivity index (χ4v) is 2.51. The van der Waals surface area contributed by atoms with E-state index in [0.29, 0.717) is 22.5 Å². The van der Waals surface area contributed by atoms with E-state index in [4.69, 9.17) is 11.6 Å². The Balaban J connectivity index is 1.98. The van der Waals surface area contributed by atoms with Gasteiger partial charge in [0.05, 0.1) is 0 Å². The molecule has 0 spiro atoms. The number of carbonyl (C=O) groups is 1. The van der Waals surface area contributed by atoms with E-state index in [0.717, 1.165) is 6.42 Å². The number of rotatable bonds is 2. The van der Waals surface area contributed by atoms with Gasteiger partial charge in [-0.05, 0) is 43.0 Å². The van der Waals surface area contributed by atoms with Crippen molar-refractivity contribution in [3.63, 3.8) is 0 Å². The number of halogens is 1. The van der Waals surface area contributed by atoms with Crippen molar-refractivity contribution in [3.8, 4) is 0 Å². The van der Waals surface area contributed by atoms with Crippen LogP contribution in [-0.2, 0) is 0 Å². The van der Waals surface area contributed by atoms with Crippen molar-refractivity contribution < 1.29 is 4.79 Å². The summed E-state index contributed by atoms with van der Waals surface area (Å²) in [5.41, 5.74) is 0.687. The summed E-state index contributed by atoms with van der Waals surface area (Å²) in [5, 5.41) is 3.78. The smallest absolute Gasteiger partial charge is 0.251 e. The summed E-state index contributed by atoms with van der Waals surface area (Å²) in [7, 11) is 0. The Bertz CT molecular complexity index is 388. The second-order valence-electron chi connectivity index (χ2n) is 4.85. The maximum atomic E-state index is 12.0. The number of amides is 1. The predicted octanol–water partition coefficient (Wildman–Crippen LogP) is 3.65. The standard InChI is InChI=1S/C14H18ClNO/c1-10-4-2-3-5-13(10)16-14(17)11-6-8-12(15)9-7-11/h6-10,13H,2-5H2,1H3,(H,16,17)/t10-,13-/m0/s1. The molecule has 0 saturated heterocycles. The van der Waals surface area contributed by atoms with Crippen LogP contribution in [0, 0.1) is 5.92 Å². The molecule has 1 aromatic rings. The van der Waals surface area contributed by atoms with Crippen LogP contribution in [-0.4, -0.2) is 11.9 Å². The molecule has 0 unspecified atom stereocenters. The van der Waals surface area contributed by atoms with E-state index in [1.165, 1.54) is 19.3 Å². The number of nitrogens with one attached hydrogen (secondary N) is 1. The third kappa shape index (κ3) is 3.22. The molecule has 2 rings (SSSR count). The molecule has 2 atom stereocenters. The Hall–Kier alpha value is -1.02. The molecule has 1 aliphatic carbocycles. The van der Waals surface area contributed by atoms with Crippen molar-refractivity contribution in [1.82, 2.24) is 5.32 Å². The minimum Gasteiger partial charge on any atom is -0.349 e. The minimum absolute atomic E-state index is 0.0143. The summed E-state index contributed by atoms with van der Waals surface area (Å²) < 4.78 is 0. The number of hydrogen-bond donors (Lipinski definition) is 1. The first kappa shape index (κ1) is 12.4. The fraction of sp³-hybridized carbons (Fsp3) is 0.500. The third-order valence-electron chi connectivity index (χ3n) is 3.53. The van der Waals surface area contributed by atoms with Crippen molar-refractivity contribution in [3.05, 3.63) is 34.9 Å². The molecule has 92 valence electrons. The van der Waals surface area contributed by atoms with Crippen molar-refractivity contribution >= 4 is 17.5 Å². The molecule has 1 saturated carbocycles. The van der Waals surface area contributed by atoms with Crippen LogP contribution in [0.3, 0.4) is 0 Å². The van der Waals surface area contributed by atoms with Crippen molar-refractivity contribution in [1.29, 1.82) is 0 Å². The Morgan fingerprint density at radius 1 is 1.24 bits per heavy atom. The lowest BCUT2D eigenvalue weighted by Crippen LogP contribution is -2.41. The fourth-order valence-electron chi connectivity index (χ4n) is 2.38. The molecule has 17 heavy (non-hydrogen) atoms. The van der Waals surface area contributed by atoms with Gasteiger partial charge in [0.2, 0.25) is 0 Å². The molecule has 3 heteroatoms. The number of hydrogen-bond acceptors (Lipinski definition) is 1. The average molecular weight is 252 g/mol. The Morgan fingerprint density at radius 3 is 2.53 bits per heavy atom. The Kier molecular flexibility index (Phi) is 4.06. The number of carbonyl (C=O) groups excluding carboxylic acids is 1. The van der Waals surface area contributed by atoms with Crippen LogP contribution >= 0.6 is 11.6 Å². The first-order valence-corrected chi connectivity index (χ1v) is 6.61. The van der Waals surface area contributed by atoms with E-state index in [9.17, 15) is 4.79 Å². The summed E-state index contributed by atoms with van der Waals surface area (Å²) in [6.07, 6.45) is 4.82. The minimum atomic E-state index is 0.0143. The van der Waals surface area contributed by atoms with Gasteiger partial charge in [0.1, 0.15) is 0 Å². The molecule has 0 heterocycles. The number of benzene rings is 1. The lowest BCUT2D eigenvalue weighted by molar-refractivity contribution is 0.0910. The summed E-state index contributed by atoms with van der Waals surface area (Å²) in [6, 6.07) is 7.37. The van der Waals surface area contributed by atoms with Gasteiger partial charge in [0.25, 0.3) is 5.91 Å². The van der Waals surface area contributed by atoms with Crippen LogP contribution in [0.4, 0.5) is 0 Å².